The number of likely N-dealkylation sites (N-methyl/N-ethyl adjacent to an activating group) is 1. The van der Waals surface area contributed by atoms with Gasteiger partial charge in [0.1, 0.15) is 0 Å². The normalized spacial score (nSPS) is 14.4. The standard InChI is InChI=1S/C21H22N6OS2/c1-12(2)27-19-14(10-22-27)13(9-16(23-19)17-5-4-8-29-17)20(28)25-21-24-15-6-7-26(3)11-18(15)30-21/h4-5,8-10,12H,6-7,11H2,1-3H3,(H,24,25,28). The monoisotopic (exact) mass is 438 g/mol. The lowest BCUT2D eigenvalue weighted by molar-refractivity contribution is 0.102. The van der Waals surface area contributed by atoms with Crippen molar-refractivity contribution in [2.24, 2.45) is 0 Å². The van der Waals surface area contributed by atoms with Crippen LogP contribution < -0.4 is 5.32 Å². The molecule has 1 aliphatic heterocycles. The van der Waals surface area contributed by atoms with E-state index in [0.29, 0.717) is 10.7 Å². The molecule has 30 heavy (non-hydrogen) atoms. The number of amides is 1. The van der Waals surface area contributed by atoms with Crippen molar-refractivity contribution in [2.45, 2.75) is 32.9 Å². The van der Waals surface area contributed by atoms with E-state index in [0.717, 1.165) is 46.8 Å². The summed E-state index contributed by atoms with van der Waals surface area (Å²) in [5.74, 6) is -0.178. The van der Waals surface area contributed by atoms with Gasteiger partial charge in [0.2, 0.25) is 0 Å². The van der Waals surface area contributed by atoms with Crippen molar-refractivity contribution in [3.63, 3.8) is 0 Å². The Kier molecular flexibility index (Phi) is 4.88. The van der Waals surface area contributed by atoms with Crippen molar-refractivity contribution in [1.29, 1.82) is 0 Å². The van der Waals surface area contributed by atoms with E-state index in [-0.39, 0.29) is 11.9 Å². The summed E-state index contributed by atoms with van der Waals surface area (Å²) in [5.41, 5.74) is 3.17. The fourth-order valence-corrected chi connectivity index (χ4v) is 5.45. The molecule has 1 amide bonds. The molecule has 5 rings (SSSR count). The number of aromatic nitrogens is 4. The zero-order valence-electron chi connectivity index (χ0n) is 17.0. The molecular formula is C21H22N6OS2. The second-order valence-corrected chi connectivity index (χ2v) is 9.81. The predicted octanol–water partition coefficient (Wildman–Crippen LogP) is 4.44. The van der Waals surface area contributed by atoms with Gasteiger partial charge in [-0.05, 0) is 38.4 Å². The molecule has 0 saturated heterocycles. The maximum absolute atomic E-state index is 13.3. The summed E-state index contributed by atoms with van der Waals surface area (Å²) in [7, 11) is 2.10. The van der Waals surface area contributed by atoms with Crippen molar-refractivity contribution in [1.82, 2.24) is 24.6 Å². The van der Waals surface area contributed by atoms with E-state index in [9.17, 15) is 4.79 Å². The van der Waals surface area contributed by atoms with Crippen LogP contribution in [-0.4, -0.2) is 44.1 Å². The van der Waals surface area contributed by atoms with Gasteiger partial charge in [0, 0.05) is 30.4 Å². The number of pyridine rings is 1. The Morgan fingerprint density at radius 3 is 2.93 bits per heavy atom. The number of nitrogens with zero attached hydrogens (tertiary/aromatic N) is 5. The Morgan fingerprint density at radius 2 is 2.17 bits per heavy atom. The van der Waals surface area contributed by atoms with Crippen LogP contribution >= 0.6 is 22.7 Å². The zero-order chi connectivity index (χ0) is 20.8. The van der Waals surface area contributed by atoms with Gasteiger partial charge in [0.25, 0.3) is 5.91 Å². The smallest absolute Gasteiger partial charge is 0.258 e. The van der Waals surface area contributed by atoms with Crippen LogP contribution in [0.15, 0.2) is 29.8 Å². The van der Waals surface area contributed by atoms with Crippen LogP contribution in [0.25, 0.3) is 21.6 Å². The molecule has 0 aromatic carbocycles. The summed E-state index contributed by atoms with van der Waals surface area (Å²) in [6.45, 7) is 5.99. The molecule has 5 heterocycles. The van der Waals surface area contributed by atoms with E-state index in [1.54, 1.807) is 28.9 Å². The quantitative estimate of drug-likeness (QED) is 0.510. The summed E-state index contributed by atoms with van der Waals surface area (Å²) < 4.78 is 1.86. The van der Waals surface area contributed by atoms with E-state index < -0.39 is 0 Å². The first kappa shape index (κ1) is 19.3. The minimum atomic E-state index is -0.178. The SMILES string of the molecule is CC(C)n1ncc2c(C(=O)Nc3nc4c(s3)CN(C)CC4)cc(-c3cccs3)nc21. The Balaban J connectivity index is 1.55. The summed E-state index contributed by atoms with van der Waals surface area (Å²) in [5, 5.41) is 10.9. The number of carbonyl (C=O) groups is 1. The highest BCUT2D eigenvalue weighted by atomic mass is 32.1. The lowest BCUT2D eigenvalue weighted by atomic mass is 10.1. The summed E-state index contributed by atoms with van der Waals surface area (Å²) in [6.07, 6.45) is 2.65. The number of thiophene rings is 1. The first-order valence-electron chi connectivity index (χ1n) is 9.90. The molecular weight excluding hydrogens is 416 g/mol. The number of hydrogen-bond acceptors (Lipinski definition) is 7. The molecule has 0 spiro atoms. The average molecular weight is 439 g/mol. The van der Waals surface area contributed by atoms with Crippen LogP contribution in [0, 0.1) is 0 Å². The Morgan fingerprint density at radius 1 is 1.30 bits per heavy atom. The number of fused-ring (bicyclic) bond motifs is 2. The summed E-state index contributed by atoms with van der Waals surface area (Å²) >= 11 is 3.17. The molecule has 4 aromatic rings. The first-order chi connectivity index (χ1) is 14.5. The molecule has 0 atom stereocenters. The van der Waals surface area contributed by atoms with Crippen molar-refractivity contribution in [3.8, 4) is 10.6 Å². The minimum Gasteiger partial charge on any atom is -0.301 e. The maximum Gasteiger partial charge on any atom is 0.258 e. The molecule has 0 saturated carbocycles. The van der Waals surface area contributed by atoms with Gasteiger partial charge in [0.05, 0.1) is 33.4 Å². The van der Waals surface area contributed by atoms with Crippen molar-refractivity contribution in [3.05, 3.63) is 45.9 Å². The van der Waals surface area contributed by atoms with Crippen molar-refractivity contribution < 1.29 is 4.79 Å². The molecule has 9 heteroatoms. The molecule has 0 radical (unpaired) electrons. The Labute approximate surface area is 182 Å². The third-order valence-corrected chi connectivity index (χ3v) is 7.11. The van der Waals surface area contributed by atoms with Gasteiger partial charge < -0.3 is 4.90 Å². The second-order valence-electron chi connectivity index (χ2n) is 7.78. The molecule has 154 valence electrons. The molecule has 1 aliphatic rings. The van der Waals surface area contributed by atoms with Gasteiger partial charge >= 0.3 is 0 Å². The van der Waals surface area contributed by atoms with Crippen LogP contribution in [-0.2, 0) is 13.0 Å². The Bertz CT molecular complexity index is 1220. The molecule has 4 aromatic heterocycles. The van der Waals surface area contributed by atoms with E-state index in [1.807, 2.05) is 28.3 Å². The van der Waals surface area contributed by atoms with Crippen molar-refractivity contribution in [2.75, 3.05) is 18.9 Å². The number of thiazole rings is 1. The highest BCUT2D eigenvalue weighted by Gasteiger charge is 2.22. The molecule has 7 nitrogen and oxygen atoms in total. The van der Waals surface area contributed by atoms with E-state index >= 15 is 0 Å². The van der Waals surface area contributed by atoms with Crippen molar-refractivity contribution >= 4 is 44.7 Å². The molecule has 0 bridgehead atoms. The van der Waals surface area contributed by atoms with Gasteiger partial charge in [0.15, 0.2) is 10.8 Å². The van der Waals surface area contributed by atoms with Crippen LogP contribution in [0.5, 0.6) is 0 Å². The van der Waals surface area contributed by atoms with Gasteiger partial charge in [-0.15, -0.1) is 22.7 Å². The number of hydrogen-bond donors (Lipinski definition) is 1. The van der Waals surface area contributed by atoms with Gasteiger partial charge in [-0.3, -0.25) is 10.1 Å². The van der Waals surface area contributed by atoms with E-state index in [4.69, 9.17) is 4.98 Å². The maximum atomic E-state index is 13.3. The lowest BCUT2D eigenvalue weighted by Crippen LogP contribution is -2.25. The predicted molar refractivity (Wildman–Crippen MR) is 121 cm³/mol. The Hall–Kier alpha value is -2.62. The fraction of sp³-hybridized carbons (Fsp3) is 0.333. The van der Waals surface area contributed by atoms with Crippen LogP contribution in [0.3, 0.4) is 0 Å². The van der Waals surface area contributed by atoms with Crippen LogP contribution in [0.1, 0.15) is 40.8 Å². The number of carbonyl (C=O) groups excluding carboxylic acids is 1. The average Bonchev–Trinajstić information content (AvgIpc) is 3.45. The van der Waals surface area contributed by atoms with E-state index in [1.165, 1.54) is 4.88 Å². The lowest BCUT2D eigenvalue weighted by Gasteiger charge is -2.20. The van der Waals surface area contributed by atoms with Crippen LogP contribution in [0.2, 0.25) is 0 Å². The molecule has 0 aliphatic carbocycles. The molecule has 0 fully saturated rings. The molecule has 1 N–H and O–H groups in total. The fourth-order valence-electron chi connectivity index (χ4n) is 3.68. The van der Waals surface area contributed by atoms with Gasteiger partial charge in [-0.2, -0.15) is 5.10 Å². The van der Waals surface area contributed by atoms with E-state index in [2.05, 4.69) is 41.2 Å². The first-order valence-corrected chi connectivity index (χ1v) is 11.6. The summed E-state index contributed by atoms with van der Waals surface area (Å²) in [6, 6.07) is 6.01. The highest BCUT2D eigenvalue weighted by molar-refractivity contribution is 7.16. The minimum absolute atomic E-state index is 0.146. The third-order valence-electron chi connectivity index (χ3n) is 5.22. The topological polar surface area (TPSA) is 75.9 Å². The largest absolute Gasteiger partial charge is 0.301 e. The third kappa shape index (κ3) is 3.42. The second kappa shape index (κ2) is 7.57. The summed E-state index contributed by atoms with van der Waals surface area (Å²) in [4.78, 5) is 27.3. The van der Waals surface area contributed by atoms with Gasteiger partial charge in [-0.25, -0.2) is 14.6 Å². The molecule has 0 unspecified atom stereocenters. The number of nitrogens with one attached hydrogen (secondary N) is 1. The van der Waals surface area contributed by atoms with Crippen LogP contribution in [0.4, 0.5) is 5.13 Å². The number of anilines is 1. The number of rotatable bonds is 4. The van der Waals surface area contributed by atoms with Gasteiger partial charge in [-0.1, -0.05) is 6.07 Å². The zero-order valence-corrected chi connectivity index (χ0v) is 18.7. The highest BCUT2D eigenvalue weighted by Crippen LogP contribution is 2.31.